The molecule has 0 radical (unpaired) electrons. The maximum absolute atomic E-state index is 9.41. The summed E-state index contributed by atoms with van der Waals surface area (Å²) in [4.78, 5) is 9.62. The molecular weight excluding hydrogens is 254 g/mol. The summed E-state index contributed by atoms with van der Waals surface area (Å²) >= 11 is 3.03. The zero-order valence-electron chi connectivity index (χ0n) is 8.78. The normalized spacial score (nSPS) is 11.1. The van der Waals surface area contributed by atoms with E-state index in [9.17, 15) is 5.11 Å². The van der Waals surface area contributed by atoms with E-state index in [1.165, 1.54) is 11.8 Å². The molecule has 0 aliphatic rings. The maximum atomic E-state index is 9.41. The number of thiazole rings is 1. The Morgan fingerprint density at radius 2 is 2.35 bits per heavy atom. The Kier molecular flexibility index (Phi) is 2.84. The molecule has 0 atom stereocenters. The third-order valence-corrected chi connectivity index (χ3v) is 4.04. The standard InChI is InChI=1S/C11H9N3OS2/c15-7-8-10(13-11-14(8)5-6-16-11)17-9-3-1-2-4-12-9/h1-6,15H,7H2. The number of aromatic nitrogens is 3. The minimum absolute atomic E-state index is 0.0208. The highest BCUT2D eigenvalue weighted by Crippen LogP contribution is 2.30. The molecule has 3 aromatic heterocycles. The predicted octanol–water partition coefficient (Wildman–Crippen LogP) is 2.43. The Bertz CT molecular complexity index is 633. The SMILES string of the molecule is OCc1c(Sc2ccccn2)nc2sccn12. The number of imidazole rings is 1. The second-order valence-electron chi connectivity index (χ2n) is 3.35. The molecule has 86 valence electrons. The molecule has 0 spiro atoms. The molecule has 3 rings (SSSR count). The van der Waals surface area contributed by atoms with Crippen molar-refractivity contribution in [1.29, 1.82) is 0 Å². The monoisotopic (exact) mass is 263 g/mol. The van der Waals surface area contributed by atoms with Gasteiger partial charge in [0.1, 0.15) is 10.1 Å². The third kappa shape index (κ3) is 1.95. The largest absolute Gasteiger partial charge is 0.390 e. The fourth-order valence-corrected chi connectivity index (χ4v) is 3.21. The van der Waals surface area contributed by atoms with Gasteiger partial charge in [0.2, 0.25) is 0 Å². The summed E-state index contributed by atoms with van der Waals surface area (Å²) in [6.45, 7) is -0.0208. The van der Waals surface area contributed by atoms with Gasteiger partial charge in [-0.25, -0.2) is 9.97 Å². The summed E-state index contributed by atoms with van der Waals surface area (Å²) < 4.78 is 1.91. The Morgan fingerprint density at radius 1 is 1.41 bits per heavy atom. The third-order valence-electron chi connectivity index (χ3n) is 2.31. The van der Waals surface area contributed by atoms with Crippen molar-refractivity contribution in [3.05, 3.63) is 41.7 Å². The smallest absolute Gasteiger partial charge is 0.195 e. The molecule has 0 saturated heterocycles. The topological polar surface area (TPSA) is 50.4 Å². The number of nitrogens with zero attached hydrogens (tertiary/aromatic N) is 3. The van der Waals surface area contributed by atoms with Crippen LogP contribution in [-0.2, 0) is 6.61 Å². The van der Waals surface area contributed by atoms with Crippen molar-refractivity contribution < 1.29 is 5.11 Å². The zero-order valence-corrected chi connectivity index (χ0v) is 10.4. The lowest BCUT2D eigenvalue weighted by atomic mass is 10.5. The van der Waals surface area contributed by atoms with E-state index >= 15 is 0 Å². The number of aliphatic hydroxyl groups is 1. The Balaban J connectivity index is 2.02. The molecule has 0 bridgehead atoms. The molecule has 0 fully saturated rings. The molecule has 17 heavy (non-hydrogen) atoms. The average molecular weight is 263 g/mol. The minimum atomic E-state index is -0.0208. The second-order valence-corrected chi connectivity index (χ2v) is 5.23. The van der Waals surface area contributed by atoms with Crippen LogP contribution >= 0.6 is 23.1 Å². The lowest BCUT2D eigenvalue weighted by Crippen LogP contribution is -1.91. The summed E-state index contributed by atoms with van der Waals surface area (Å²) in [7, 11) is 0. The van der Waals surface area contributed by atoms with Gasteiger partial charge >= 0.3 is 0 Å². The van der Waals surface area contributed by atoms with Crippen molar-refractivity contribution >= 4 is 28.1 Å². The van der Waals surface area contributed by atoms with Crippen molar-refractivity contribution in [2.75, 3.05) is 0 Å². The first-order chi connectivity index (χ1) is 8.38. The first-order valence-corrected chi connectivity index (χ1v) is 6.72. The van der Waals surface area contributed by atoms with Gasteiger partial charge in [-0.3, -0.25) is 4.40 Å². The highest BCUT2D eigenvalue weighted by atomic mass is 32.2. The van der Waals surface area contributed by atoms with Crippen LogP contribution < -0.4 is 0 Å². The summed E-state index contributed by atoms with van der Waals surface area (Å²) in [5.41, 5.74) is 0.817. The van der Waals surface area contributed by atoms with Crippen LogP contribution in [0.3, 0.4) is 0 Å². The van der Waals surface area contributed by atoms with Crippen LogP contribution in [0.2, 0.25) is 0 Å². The summed E-state index contributed by atoms with van der Waals surface area (Å²) in [6, 6.07) is 5.74. The van der Waals surface area contributed by atoms with Crippen LogP contribution in [0.4, 0.5) is 0 Å². The lowest BCUT2D eigenvalue weighted by Gasteiger charge is -1.99. The zero-order chi connectivity index (χ0) is 11.7. The fraction of sp³-hybridized carbons (Fsp3) is 0.0909. The molecule has 0 aliphatic carbocycles. The van der Waals surface area contributed by atoms with Crippen molar-refractivity contribution in [1.82, 2.24) is 14.4 Å². The molecule has 0 aliphatic heterocycles. The number of hydrogen-bond acceptors (Lipinski definition) is 5. The highest BCUT2D eigenvalue weighted by molar-refractivity contribution is 7.99. The van der Waals surface area contributed by atoms with Gasteiger partial charge in [-0.2, -0.15) is 0 Å². The quantitative estimate of drug-likeness (QED) is 0.788. The molecule has 3 heterocycles. The maximum Gasteiger partial charge on any atom is 0.195 e. The minimum Gasteiger partial charge on any atom is -0.390 e. The Labute approximate surface area is 106 Å². The van der Waals surface area contributed by atoms with Gasteiger partial charge in [-0.05, 0) is 23.9 Å². The number of pyridine rings is 1. The molecular formula is C11H9N3OS2. The van der Waals surface area contributed by atoms with E-state index in [1.807, 2.05) is 34.2 Å². The Hall–Kier alpha value is -1.37. The van der Waals surface area contributed by atoms with E-state index in [0.717, 1.165) is 20.7 Å². The van der Waals surface area contributed by atoms with E-state index in [-0.39, 0.29) is 6.61 Å². The van der Waals surface area contributed by atoms with Crippen molar-refractivity contribution in [2.24, 2.45) is 0 Å². The number of aliphatic hydroxyl groups excluding tert-OH is 1. The summed E-state index contributed by atoms with van der Waals surface area (Å²) in [6.07, 6.45) is 3.67. The van der Waals surface area contributed by atoms with Gasteiger partial charge in [-0.1, -0.05) is 6.07 Å². The number of rotatable bonds is 3. The first-order valence-electron chi connectivity index (χ1n) is 5.02. The Morgan fingerprint density at radius 3 is 3.12 bits per heavy atom. The van der Waals surface area contributed by atoms with Crippen molar-refractivity contribution in [3.8, 4) is 0 Å². The van der Waals surface area contributed by atoms with E-state index in [0.29, 0.717) is 0 Å². The highest BCUT2D eigenvalue weighted by Gasteiger charge is 2.13. The van der Waals surface area contributed by atoms with E-state index in [1.54, 1.807) is 17.5 Å². The molecule has 4 nitrogen and oxygen atoms in total. The van der Waals surface area contributed by atoms with Crippen LogP contribution in [0.25, 0.3) is 4.96 Å². The molecule has 3 aromatic rings. The van der Waals surface area contributed by atoms with Crippen LogP contribution in [-0.4, -0.2) is 19.5 Å². The van der Waals surface area contributed by atoms with Gasteiger partial charge < -0.3 is 5.11 Å². The fourth-order valence-electron chi connectivity index (χ4n) is 1.54. The van der Waals surface area contributed by atoms with Gasteiger partial charge in [0.15, 0.2) is 4.96 Å². The first kappa shape index (κ1) is 10.8. The molecule has 0 aromatic carbocycles. The van der Waals surface area contributed by atoms with E-state index in [4.69, 9.17) is 0 Å². The average Bonchev–Trinajstić information content (AvgIpc) is 2.90. The van der Waals surface area contributed by atoms with Crippen LogP contribution in [0.1, 0.15) is 5.69 Å². The number of fused-ring (bicyclic) bond motifs is 1. The molecule has 1 N–H and O–H groups in total. The molecule has 6 heteroatoms. The molecule has 0 amide bonds. The van der Waals surface area contributed by atoms with E-state index in [2.05, 4.69) is 9.97 Å². The van der Waals surface area contributed by atoms with Gasteiger partial charge in [0.05, 0.1) is 12.3 Å². The van der Waals surface area contributed by atoms with Crippen LogP contribution in [0.15, 0.2) is 46.0 Å². The summed E-state index contributed by atoms with van der Waals surface area (Å²) in [5.74, 6) is 0. The summed E-state index contributed by atoms with van der Waals surface area (Å²) in [5, 5.41) is 13.1. The lowest BCUT2D eigenvalue weighted by molar-refractivity contribution is 0.272. The number of hydrogen-bond donors (Lipinski definition) is 1. The van der Waals surface area contributed by atoms with Gasteiger partial charge in [-0.15, -0.1) is 11.3 Å². The molecule has 0 unspecified atom stereocenters. The second kappa shape index (κ2) is 4.48. The van der Waals surface area contributed by atoms with Crippen LogP contribution in [0, 0.1) is 0 Å². The molecule has 0 saturated carbocycles. The van der Waals surface area contributed by atoms with Gasteiger partial charge in [0.25, 0.3) is 0 Å². The van der Waals surface area contributed by atoms with Crippen molar-refractivity contribution in [2.45, 2.75) is 16.7 Å². The predicted molar refractivity (Wildman–Crippen MR) is 67.4 cm³/mol. The van der Waals surface area contributed by atoms with Gasteiger partial charge in [0, 0.05) is 17.8 Å². The van der Waals surface area contributed by atoms with Crippen molar-refractivity contribution in [3.63, 3.8) is 0 Å². The van der Waals surface area contributed by atoms with Crippen LogP contribution in [0.5, 0.6) is 0 Å². The van der Waals surface area contributed by atoms with E-state index < -0.39 is 0 Å².